The summed E-state index contributed by atoms with van der Waals surface area (Å²) in [5.74, 6) is 0. The fourth-order valence-corrected chi connectivity index (χ4v) is 3.49. The smallest absolute Gasteiger partial charge is 1.00 e. The molecule has 0 saturated heterocycles. The Morgan fingerprint density at radius 2 is 1.90 bits per heavy atom. The first-order valence-electron chi connectivity index (χ1n) is 6.42. The van der Waals surface area contributed by atoms with Crippen molar-refractivity contribution in [2.75, 3.05) is 0 Å². The van der Waals surface area contributed by atoms with Crippen LogP contribution in [0.25, 0.3) is 0 Å². The third-order valence-corrected chi connectivity index (χ3v) is 4.28. The first-order valence-corrected chi connectivity index (χ1v) is 7.23. The summed E-state index contributed by atoms with van der Waals surface area (Å²) in [6.07, 6.45) is 15.9. The van der Waals surface area contributed by atoms with E-state index in [1.165, 1.54) is 10.5 Å². The van der Waals surface area contributed by atoms with Crippen molar-refractivity contribution in [2.45, 2.75) is 51.1 Å². The summed E-state index contributed by atoms with van der Waals surface area (Å²) in [4.78, 5) is 0.923. The molecule has 0 saturated carbocycles. The Morgan fingerprint density at radius 3 is 2.38 bits per heavy atom. The van der Waals surface area contributed by atoms with Crippen LogP contribution in [-0.4, -0.2) is 10.5 Å². The number of halogens is 2. The molecule has 0 heterocycles. The second kappa shape index (κ2) is 9.65. The van der Waals surface area contributed by atoms with Crippen LogP contribution in [-0.2, 0) is 26.5 Å². The van der Waals surface area contributed by atoms with Crippen LogP contribution in [0.3, 0.4) is 0 Å². The zero-order chi connectivity index (χ0) is 13.2. The first-order chi connectivity index (χ1) is 8.41. The zero-order valence-electron chi connectivity index (χ0n) is 12.9. The van der Waals surface area contributed by atoms with Crippen LogP contribution < -0.4 is 24.8 Å². The Bertz CT molecular complexity index is 450. The van der Waals surface area contributed by atoms with Gasteiger partial charge in [0.1, 0.15) is 4.93 Å². The van der Waals surface area contributed by atoms with E-state index in [2.05, 4.69) is 64.2 Å². The van der Waals surface area contributed by atoms with Gasteiger partial charge in [-0.05, 0) is 33.3 Å². The molecule has 0 aliphatic heterocycles. The van der Waals surface area contributed by atoms with Crippen LogP contribution in [0.2, 0.25) is 0 Å². The summed E-state index contributed by atoms with van der Waals surface area (Å²) < 4.78 is 6.39. The molecule has 0 aromatic carbocycles. The van der Waals surface area contributed by atoms with Gasteiger partial charge in [0, 0.05) is 6.42 Å². The van der Waals surface area contributed by atoms with E-state index >= 15 is 0 Å². The molecule has 0 spiro atoms. The summed E-state index contributed by atoms with van der Waals surface area (Å²) in [5, 5.41) is 0. The predicted octanol–water partition coefficient (Wildman–Crippen LogP) is -1.21. The predicted molar refractivity (Wildman–Crippen MR) is 79.2 cm³/mol. The third kappa shape index (κ3) is 6.68. The summed E-state index contributed by atoms with van der Waals surface area (Å²) in [7, 11) is 0. The number of ether oxygens (including phenoxy) is 1. The average Bonchev–Trinajstić information content (AvgIpc) is 2.73. The van der Waals surface area contributed by atoms with Crippen LogP contribution in [0.5, 0.6) is 0 Å². The summed E-state index contributed by atoms with van der Waals surface area (Å²) in [6, 6.07) is 0. The van der Waals surface area contributed by atoms with Gasteiger partial charge in [-0.3, -0.25) is 6.08 Å². The van der Waals surface area contributed by atoms with E-state index in [-0.39, 0.29) is 57.1 Å². The van der Waals surface area contributed by atoms with Crippen molar-refractivity contribution in [3.8, 4) is 0 Å². The van der Waals surface area contributed by atoms with E-state index in [0.29, 0.717) is 0 Å². The van der Waals surface area contributed by atoms with Crippen molar-refractivity contribution < 1.29 is 51.3 Å². The maximum absolute atomic E-state index is 6.39. The van der Waals surface area contributed by atoms with Gasteiger partial charge in [-0.2, -0.15) is 11.0 Å². The standard InChI is InChI=1S/C16H21OS.2ClH.Ti/c1-13-9-7-8-12-16(13,17-15(2,3)4)18-14-10-5-6-11-14;;;/h5,7-10H,6,12H2,1-4H3;2*1H;/q-1;;;+3/p-2. The van der Waals surface area contributed by atoms with Crippen LogP contribution in [0.15, 0.2) is 40.9 Å². The van der Waals surface area contributed by atoms with Gasteiger partial charge in [0.15, 0.2) is 0 Å². The monoisotopic (exact) mass is 379 g/mol. The fraction of sp³-hybridized carbons (Fsp3) is 0.500. The topological polar surface area (TPSA) is 9.23 Å². The van der Waals surface area contributed by atoms with E-state index in [9.17, 15) is 0 Å². The Morgan fingerprint density at radius 1 is 1.24 bits per heavy atom. The number of hydrogen-bond acceptors (Lipinski definition) is 2. The normalized spacial score (nSPS) is 23.4. The van der Waals surface area contributed by atoms with Crippen LogP contribution >= 0.6 is 11.8 Å². The molecule has 0 amide bonds. The molecule has 2 aliphatic rings. The van der Waals surface area contributed by atoms with Gasteiger partial charge in [-0.1, -0.05) is 18.2 Å². The molecule has 21 heavy (non-hydrogen) atoms. The quantitative estimate of drug-likeness (QED) is 0.345. The largest absolute Gasteiger partial charge is 3.00 e. The molecule has 0 aromatic rings. The Kier molecular flexibility index (Phi) is 10.9. The van der Waals surface area contributed by atoms with Gasteiger partial charge < -0.3 is 29.6 Å². The van der Waals surface area contributed by atoms with E-state index in [1.54, 1.807) is 11.8 Å². The molecule has 1 unspecified atom stereocenters. The molecule has 2 aliphatic carbocycles. The van der Waals surface area contributed by atoms with Gasteiger partial charge in [-0.25, -0.2) is 6.08 Å². The summed E-state index contributed by atoms with van der Waals surface area (Å²) >= 11 is 1.79. The van der Waals surface area contributed by atoms with E-state index < -0.39 is 0 Å². The van der Waals surface area contributed by atoms with Gasteiger partial charge in [0.25, 0.3) is 0 Å². The van der Waals surface area contributed by atoms with Crippen LogP contribution in [0, 0.1) is 6.08 Å². The van der Waals surface area contributed by atoms with Crippen LogP contribution in [0.1, 0.15) is 40.5 Å². The van der Waals surface area contributed by atoms with Crippen molar-refractivity contribution in [1.82, 2.24) is 0 Å². The van der Waals surface area contributed by atoms with E-state index in [1.807, 2.05) is 0 Å². The first kappa shape index (κ1) is 23.8. The Balaban J connectivity index is 0. The van der Waals surface area contributed by atoms with Gasteiger partial charge in [0.05, 0.1) is 5.60 Å². The van der Waals surface area contributed by atoms with Crippen molar-refractivity contribution in [1.29, 1.82) is 0 Å². The SMILES string of the molecule is CC1=CC=CCC1(OC(C)(C)C)SC1=[C-]CC=C1.[Cl-].[Cl-].[Ti+3]. The average molecular weight is 380 g/mol. The zero-order valence-corrected chi connectivity index (χ0v) is 16.8. The number of allylic oxidation sites excluding steroid dienone is 5. The molecule has 115 valence electrons. The number of thioether (sulfide) groups is 1. The second-order valence-electron chi connectivity index (χ2n) is 5.70. The third-order valence-electron chi connectivity index (χ3n) is 2.88. The minimum absolute atomic E-state index is 0. The molecule has 0 bridgehead atoms. The van der Waals surface area contributed by atoms with Crippen molar-refractivity contribution >= 4 is 11.8 Å². The van der Waals surface area contributed by atoms with E-state index in [0.717, 1.165) is 12.8 Å². The van der Waals surface area contributed by atoms with Crippen LogP contribution in [0.4, 0.5) is 0 Å². The molecular weight excluding hydrogens is 359 g/mol. The van der Waals surface area contributed by atoms with E-state index in [4.69, 9.17) is 4.74 Å². The maximum atomic E-state index is 6.39. The molecule has 0 aromatic heterocycles. The number of rotatable bonds is 3. The minimum atomic E-state index is -0.274. The second-order valence-corrected chi connectivity index (χ2v) is 7.00. The Labute approximate surface area is 160 Å². The molecule has 5 heteroatoms. The molecule has 1 nitrogen and oxygen atoms in total. The van der Waals surface area contributed by atoms with Crippen molar-refractivity contribution in [2.24, 2.45) is 0 Å². The molecule has 0 N–H and O–H groups in total. The van der Waals surface area contributed by atoms with Gasteiger partial charge in [-0.15, -0.1) is 18.2 Å². The maximum Gasteiger partial charge on any atom is 3.00 e. The van der Waals surface area contributed by atoms with Crippen molar-refractivity contribution in [3.05, 3.63) is 46.9 Å². The molecule has 0 fully saturated rings. The molecule has 2 rings (SSSR count). The van der Waals surface area contributed by atoms with Gasteiger partial charge in [0.2, 0.25) is 0 Å². The minimum Gasteiger partial charge on any atom is -1.00 e. The van der Waals surface area contributed by atoms with Crippen molar-refractivity contribution in [3.63, 3.8) is 0 Å². The molecular formula is C16H21Cl2OSTi. The molecule has 1 radical (unpaired) electrons. The fourth-order valence-electron chi connectivity index (χ4n) is 2.12. The molecule has 1 atom stereocenters. The van der Waals surface area contributed by atoms with Gasteiger partial charge >= 0.3 is 21.7 Å². The number of hydrogen-bond donors (Lipinski definition) is 0. The summed E-state index contributed by atoms with van der Waals surface area (Å²) in [5.41, 5.74) is 1.12. The Hall–Kier alpha value is 0.564. The summed E-state index contributed by atoms with van der Waals surface area (Å²) in [6.45, 7) is 8.50.